The van der Waals surface area contributed by atoms with Gasteiger partial charge >= 0.3 is 23.9 Å². The summed E-state index contributed by atoms with van der Waals surface area (Å²) in [7, 11) is 0.473. The van der Waals surface area contributed by atoms with Crippen LogP contribution < -0.4 is 33.6 Å². The van der Waals surface area contributed by atoms with E-state index >= 15 is 0 Å². The number of fused-ring (bicyclic) bond motifs is 8. The van der Waals surface area contributed by atoms with Crippen LogP contribution in [0.3, 0.4) is 0 Å². The molecule has 140 heavy (non-hydrogen) atoms. The Balaban J connectivity index is 0.000000112. The highest BCUT2D eigenvalue weighted by Gasteiger charge is 2.38. The maximum Gasteiger partial charge on any atom is 0.317 e. The Morgan fingerprint density at radius 3 is 1.28 bits per heavy atom. The fourth-order valence-corrected chi connectivity index (χ4v) is 22.0. The van der Waals surface area contributed by atoms with E-state index in [1.54, 1.807) is 81.4 Å². The number of rotatable bonds is 17. The summed E-state index contributed by atoms with van der Waals surface area (Å²) in [5.74, 6) is -0.200. The second-order valence-corrected chi connectivity index (χ2v) is 40.3. The van der Waals surface area contributed by atoms with Gasteiger partial charge in [-0.2, -0.15) is 58.3 Å². The summed E-state index contributed by atoms with van der Waals surface area (Å²) in [6.45, 7) is 3.78. The molecule has 0 radical (unpaired) electrons. The lowest BCUT2D eigenvalue weighted by molar-refractivity contribution is -0.142. The van der Waals surface area contributed by atoms with Gasteiger partial charge in [0.05, 0.1) is 111 Å². The Morgan fingerprint density at radius 1 is 0.414 bits per heavy atom. The van der Waals surface area contributed by atoms with Crippen molar-refractivity contribution in [1.82, 2.24) is 117 Å². The van der Waals surface area contributed by atoms with Crippen LogP contribution in [-0.2, 0) is 43.3 Å². The monoisotopic (exact) mass is 2100 g/mol. The predicted molar refractivity (Wildman–Crippen MR) is 539 cm³/mol. The van der Waals surface area contributed by atoms with Crippen molar-refractivity contribution in [3.63, 3.8) is 0 Å². The number of likely N-dealkylation sites (tertiary alicyclic amines) is 1. The lowest BCUT2D eigenvalue weighted by atomic mass is 9.94. The zero-order chi connectivity index (χ0) is 97.8. The number of piperidine rings is 2. The molecule has 3 aliphatic heterocycles. The number of hydrogen-bond donors (Lipinski definition) is 9. The highest BCUT2D eigenvalue weighted by Crippen LogP contribution is 2.46. The summed E-state index contributed by atoms with van der Waals surface area (Å²) in [6.07, 6.45) is 31.3. The van der Waals surface area contributed by atoms with Gasteiger partial charge in [0.1, 0.15) is 39.4 Å². The summed E-state index contributed by atoms with van der Waals surface area (Å²) in [5.41, 5.74) is 49.6. The average Bonchev–Trinajstić information content (AvgIpc) is 1.60. The smallest absolute Gasteiger partial charge is 0.317 e. The lowest BCUT2D eigenvalue weighted by Crippen LogP contribution is -2.38. The zero-order valence-corrected chi connectivity index (χ0v) is 81.6. The quantitative estimate of drug-likeness (QED) is 0.0409. The van der Waals surface area contributed by atoms with Crippen LogP contribution in [-0.4, -0.2) is 221 Å². The van der Waals surface area contributed by atoms with Gasteiger partial charge in [0.2, 0.25) is 10.0 Å². The highest BCUT2D eigenvalue weighted by atomic mass is 79.9. The van der Waals surface area contributed by atoms with Crippen LogP contribution in [0.4, 0.5) is 34.9 Å². The molecule has 18 aromatic rings. The van der Waals surface area contributed by atoms with Crippen LogP contribution in [0.5, 0.6) is 0 Å². The van der Waals surface area contributed by atoms with Gasteiger partial charge in [-0.1, -0.05) is 54.6 Å². The van der Waals surface area contributed by atoms with E-state index in [-0.39, 0.29) is 54.4 Å². The largest absolute Gasteiger partial charge is 0.481 e. The van der Waals surface area contributed by atoms with Crippen LogP contribution >= 0.6 is 47.8 Å². The molecule has 2 saturated carbocycles. The molecule has 14 N–H and O–H groups in total. The second-order valence-electron chi connectivity index (χ2n) is 36.0. The summed E-state index contributed by atoms with van der Waals surface area (Å²) in [5, 5.41) is 70.2. The van der Waals surface area contributed by atoms with E-state index in [4.69, 9.17) is 63.8 Å². The molecule has 0 spiro atoms. The van der Waals surface area contributed by atoms with E-state index < -0.39 is 33.9 Å². The van der Waals surface area contributed by atoms with E-state index in [1.807, 2.05) is 129 Å². The number of aryl methyl sites for hydroxylation is 2. The molecule has 7 atom stereocenters. The number of nitrogens with zero attached hydrogens (tertiary/aromatic N) is 25. The maximum absolute atomic E-state index is 12.0. The molecule has 7 unspecified atom stereocenters. The van der Waals surface area contributed by atoms with Crippen LogP contribution in [0.25, 0.3) is 117 Å². The highest BCUT2D eigenvalue weighted by molar-refractivity contribution is 9.11. The number of hydrogen-bond acceptors (Lipinski definition) is 28. The van der Waals surface area contributed by atoms with E-state index in [0.717, 1.165) is 169 Å². The molecule has 2 aliphatic carbocycles. The zero-order valence-electron chi connectivity index (χ0n) is 76.1. The minimum atomic E-state index is -3.23. The Hall–Kier alpha value is -14.6. The molecule has 23 rings (SSSR count). The average molecular weight is 2100 g/mol. The number of sulfonamides is 1. The Kier molecular flexibility index (Phi) is 26.5. The molecular formula is C96H97Br3N30O10S. The topological polar surface area (TPSA) is 548 Å². The molecule has 40 nitrogen and oxygen atoms in total. The molecule has 0 amide bonds. The Morgan fingerprint density at radius 2 is 0.829 bits per heavy atom. The molecule has 0 bridgehead atoms. The third-order valence-electron chi connectivity index (χ3n) is 26.6. The number of para-hydroxylation sites is 3. The number of anilines is 6. The first-order chi connectivity index (χ1) is 67.4. The SMILES string of the molecule is CS(=O)(=O)N1CCCC(c2cc(N)n3ncc(-c4cnc5ccccc5c4)c3n2)C1.Cn1cc(-c2cnn3c(N)c(Br)c(C4CCC(C(=O)O)C4)nc23)cn1.Cn1cc(-c2cnn3c(N)cc(C4CCC(C(=O)O)C4)nc23)cn1.Nc1c(Br)c(C2CCCN(CC(=O)O)C2)nc2c(-c3cnc4ccccc4c3)cnn12.Nc1c(Br)c(N2CCC(CC(=O)O)C2)nc2c(-c3cnc4ccccc4c3)cnn12. The number of benzene rings is 3. The summed E-state index contributed by atoms with van der Waals surface area (Å²) in [4.78, 5) is 86.6. The van der Waals surface area contributed by atoms with Crippen molar-refractivity contribution in [2.24, 2.45) is 31.8 Å². The van der Waals surface area contributed by atoms with Gasteiger partial charge in [-0.05, 0) is 167 Å². The molecular weight excluding hydrogens is 2010 g/mol. The molecule has 5 fully saturated rings. The predicted octanol–water partition coefficient (Wildman–Crippen LogP) is 13.9. The first-order valence-corrected chi connectivity index (χ1v) is 49.7. The number of aromatic nitrogens is 22. The number of aliphatic carboxylic acids is 4. The molecule has 18 heterocycles. The van der Waals surface area contributed by atoms with Gasteiger partial charge in [0.15, 0.2) is 28.2 Å². The second kappa shape index (κ2) is 39.4. The minimum Gasteiger partial charge on any atom is -0.481 e. The minimum absolute atomic E-state index is 0.00162. The van der Waals surface area contributed by atoms with Crippen molar-refractivity contribution >= 4 is 178 Å². The van der Waals surface area contributed by atoms with E-state index in [0.29, 0.717) is 128 Å². The summed E-state index contributed by atoms with van der Waals surface area (Å²) < 4.78 is 39.1. The van der Waals surface area contributed by atoms with Crippen molar-refractivity contribution in [2.75, 3.05) is 85.6 Å². The Bertz CT molecular complexity index is 8000. The van der Waals surface area contributed by atoms with Crippen molar-refractivity contribution in [2.45, 2.75) is 101 Å². The first-order valence-electron chi connectivity index (χ1n) is 45.5. The van der Waals surface area contributed by atoms with Crippen LogP contribution in [0.2, 0.25) is 0 Å². The van der Waals surface area contributed by atoms with Gasteiger partial charge in [0, 0.05) is 198 Å². The van der Waals surface area contributed by atoms with Gasteiger partial charge in [-0.25, -0.2) is 37.6 Å². The number of pyridine rings is 3. The number of carboxylic acid groups (broad SMARTS) is 4. The summed E-state index contributed by atoms with van der Waals surface area (Å²) >= 11 is 10.7. The van der Waals surface area contributed by atoms with Gasteiger partial charge in [-0.15, -0.1) is 0 Å². The van der Waals surface area contributed by atoms with Crippen molar-refractivity contribution < 1.29 is 48.0 Å². The Labute approximate surface area is 824 Å². The van der Waals surface area contributed by atoms with Gasteiger partial charge in [0.25, 0.3) is 0 Å². The van der Waals surface area contributed by atoms with Crippen molar-refractivity contribution in [3.8, 4) is 55.6 Å². The molecule has 15 aromatic heterocycles. The van der Waals surface area contributed by atoms with Crippen LogP contribution in [0.15, 0.2) is 191 Å². The fraction of sp³-hybridized carbons (Fsp3) is 0.302. The fourth-order valence-electron chi connectivity index (χ4n) is 19.4. The van der Waals surface area contributed by atoms with Gasteiger partial charge in [-0.3, -0.25) is 48.4 Å². The standard InChI is InChI=1S/C22H21BrN6O2.C21H19BrN6O2.C21H22N6O2S.C16H17BrN6O2.C16H18N6O2/c23-19-20(14-5-3-7-28(11-14)12-18(30)31)27-22-16(10-26-29(22)21(19)24)15-8-13-4-1-2-6-17(13)25-9-15;22-18-19(23)28-20(26-21(18)27-6-5-12(11-27)7-17(29)30)15(10-25-28)14-8-13-3-1-2-4-16(13)24-9-14;1-30(28,29)26-8-4-6-15(13-26)19-10-20(22)27-21(25-19)17(12-24-27)16-9-14-5-2-3-7-18(14)23-11-16;1-22-7-10(5-19-22)11-6-20-23-14(18)12(17)13(21-15(11)23)8-2-3-9(4-8)16(24)25;1-21-8-11(6-18-21)12-7-19-22-14(17)5-13(20-15(12)22)9-2-3-10(4-9)16(23)24/h1-2,4,6,8-10,14H,3,5,7,11-12,24H2,(H,30,31);1-4,8-10,12H,5-7,11,23H2,(H,29,30);2-3,5,7,9-12,15H,4,6,8,13,22H2,1H3;5-9H,2-4,18H2,1H3,(H,24,25);5-10H,2-4,17H2,1H3,(H,23,24). The molecule has 718 valence electrons. The number of nitrogen functional groups attached to an aromatic ring is 5. The van der Waals surface area contributed by atoms with E-state index in [2.05, 4.69) is 122 Å². The molecule has 44 heteroatoms. The normalized spacial score (nSPS) is 18.5. The number of carbonyl (C=O) groups is 4. The third-order valence-corrected chi connectivity index (χ3v) is 30.3. The molecule has 3 aromatic carbocycles. The number of nitrogens with two attached hydrogens (primary N) is 5. The summed E-state index contributed by atoms with van der Waals surface area (Å²) in [6, 6.07) is 33.7. The number of halogens is 3. The molecule has 3 saturated heterocycles. The number of carboxylic acids is 4. The lowest BCUT2D eigenvalue weighted by Gasteiger charge is -2.31. The van der Waals surface area contributed by atoms with Crippen molar-refractivity contribution in [3.05, 3.63) is 214 Å². The molecule has 5 aliphatic rings. The van der Waals surface area contributed by atoms with E-state index in [9.17, 15) is 37.8 Å². The van der Waals surface area contributed by atoms with Crippen molar-refractivity contribution in [1.29, 1.82) is 0 Å². The van der Waals surface area contributed by atoms with Crippen LogP contribution in [0, 0.1) is 17.8 Å². The van der Waals surface area contributed by atoms with Crippen LogP contribution in [0.1, 0.15) is 123 Å². The third kappa shape index (κ3) is 19.3. The van der Waals surface area contributed by atoms with Gasteiger partial charge < -0.3 is 54.0 Å². The maximum atomic E-state index is 12.0. The first kappa shape index (κ1) is 94.4. The van der Waals surface area contributed by atoms with E-state index in [1.165, 1.54) is 10.6 Å².